The minimum Gasteiger partial charge on any atom is -0.356 e. The molecule has 0 aliphatic carbocycles. The summed E-state index contributed by atoms with van der Waals surface area (Å²) in [4.78, 5) is 11.7. The van der Waals surface area contributed by atoms with Gasteiger partial charge in [0.1, 0.15) is 5.65 Å². The van der Waals surface area contributed by atoms with E-state index < -0.39 is 0 Å². The van der Waals surface area contributed by atoms with Crippen molar-refractivity contribution in [1.82, 2.24) is 24.9 Å². The summed E-state index contributed by atoms with van der Waals surface area (Å²) in [5.74, 6) is 0.871. The van der Waals surface area contributed by atoms with E-state index in [1.165, 1.54) is 11.1 Å². The first-order valence-electron chi connectivity index (χ1n) is 11.0. The molecule has 0 spiro atoms. The first kappa shape index (κ1) is 24.8. The number of guanidine groups is 1. The van der Waals surface area contributed by atoms with E-state index in [9.17, 15) is 0 Å². The molecule has 6 nitrogen and oxygen atoms in total. The number of nitrogens with one attached hydrogen (secondary N) is 2. The van der Waals surface area contributed by atoms with Crippen molar-refractivity contribution in [2.24, 2.45) is 4.99 Å². The van der Waals surface area contributed by atoms with Gasteiger partial charge in [-0.05, 0) is 49.1 Å². The molecule has 0 bridgehead atoms. The fourth-order valence-corrected chi connectivity index (χ4v) is 4.23. The predicted molar refractivity (Wildman–Crippen MR) is 143 cm³/mol. The van der Waals surface area contributed by atoms with Gasteiger partial charge in [-0.3, -0.25) is 9.89 Å². The van der Waals surface area contributed by atoms with Crippen LogP contribution in [0.4, 0.5) is 0 Å². The molecule has 32 heavy (non-hydrogen) atoms. The van der Waals surface area contributed by atoms with E-state index in [4.69, 9.17) is 16.6 Å². The van der Waals surface area contributed by atoms with Gasteiger partial charge in [0.15, 0.2) is 5.96 Å². The second-order valence-electron chi connectivity index (χ2n) is 8.22. The highest BCUT2D eigenvalue weighted by molar-refractivity contribution is 14.0. The van der Waals surface area contributed by atoms with Crippen LogP contribution in [0.5, 0.6) is 0 Å². The molecule has 3 aromatic rings. The summed E-state index contributed by atoms with van der Waals surface area (Å²) in [6.45, 7) is 6.04. The van der Waals surface area contributed by atoms with Crippen LogP contribution in [0.15, 0.2) is 53.8 Å². The van der Waals surface area contributed by atoms with Gasteiger partial charge in [-0.2, -0.15) is 0 Å². The van der Waals surface area contributed by atoms with Crippen molar-refractivity contribution < 1.29 is 0 Å². The first-order valence-corrected chi connectivity index (χ1v) is 11.4. The number of aryl methyl sites for hydroxylation is 1. The SMILES string of the molecule is CN=C(NCCc1cn2cccc(C)c2n1)NC1CCN(Cc2ccc(Cl)cc2)CC1.I. The van der Waals surface area contributed by atoms with Crippen LogP contribution in [0.1, 0.15) is 29.7 Å². The Labute approximate surface area is 212 Å². The van der Waals surface area contributed by atoms with Crippen molar-refractivity contribution in [2.45, 2.75) is 38.8 Å². The van der Waals surface area contributed by atoms with Gasteiger partial charge >= 0.3 is 0 Å². The number of hydrogen-bond acceptors (Lipinski definition) is 3. The van der Waals surface area contributed by atoms with Gasteiger partial charge in [-0.25, -0.2) is 4.98 Å². The molecule has 0 amide bonds. The number of halogens is 2. The number of fused-ring (bicyclic) bond motifs is 1. The van der Waals surface area contributed by atoms with Gasteiger partial charge in [0.05, 0.1) is 5.69 Å². The number of likely N-dealkylation sites (tertiary alicyclic amines) is 1. The zero-order valence-electron chi connectivity index (χ0n) is 18.7. The molecular weight excluding hydrogens is 535 g/mol. The van der Waals surface area contributed by atoms with Crippen LogP contribution < -0.4 is 10.6 Å². The molecule has 4 rings (SSSR count). The summed E-state index contributed by atoms with van der Waals surface area (Å²) in [5, 5.41) is 7.83. The number of aliphatic imine (C=N–C) groups is 1. The van der Waals surface area contributed by atoms with E-state index in [-0.39, 0.29) is 24.0 Å². The number of imidazole rings is 1. The minimum absolute atomic E-state index is 0. The molecule has 8 heteroatoms. The normalized spacial score (nSPS) is 15.5. The summed E-state index contributed by atoms with van der Waals surface area (Å²) in [6.07, 6.45) is 7.24. The maximum atomic E-state index is 5.99. The van der Waals surface area contributed by atoms with E-state index in [1.807, 2.05) is 25.4 Å². The number of benzene rings is 1. The summed E-state index contributed by atoms with van der Waals surface area (Å²) in [5.41, 5.74) is 4.63. The number of rotatable bonds is 6. The standard InChI is InChI=1S/C24H31ClN6.HI/c1-18-4-3-13-31-17-22(28-23(18)31)9-12-27-24(26-2)29-21-10-14-30(15-11-21)16-19-5-7-20(25)8-6-19;/h3-8,13,17,21H,9-12,14-16H2,1-2H3,(H2,26,27,29);1H. The zero-order valence-corrected chi connectivity index (χ0v) is 21.8. The lowest BCUT2D eigenvalue weighted by Crippen LogP contribution is -2.48. The van der Waals surface area contributed by atoms with E-state index in [0.29, 0.717) is 6.04 Å². The van der Waals surface area contributed by atoms with Crippen molar-refractivity contribution >= 4 is 47.2 Å². The Morgan fingerprint density at radius 3 is 2.62 bits per heavy atom. The number of nitrogens with zero attached hydrogens (tertiary/aromatic N) is 4. The van der Waals surface area contributed by atoms with Crippen molar-refractivity contribution in [3.63, 3.8) is 0 Å². The van der Waals surface area contributed by atoms with Crippen molar-refractivity contribution in [3.8, 4) is 0 Å². The molecule has 1 aliphatic rings. The van der Waals surface area contributed by atoms with Gasteiger partial charge in [0, 0.05) is 63.1 Å². The Hall–Kier alpha value is -1.84. The van der Waals surface area contributed by atoms with E-state index in [2.05, 4.69) is 62.3 Å². The van der Waals surface area contributed by atoms with Crippen LogP contribution in [-0.2, 0) is 13.0 Å². The van der Waals surface area contributed by atoms with Gasteiger partial charge in [-0.1, -0.05) is 29.8 Å². The van der Waals surface area contributed by atoms with Crippen LogP contribution in [0.3, 0.4) is 0 Å². The number of hydrogen-bond donors (Lipinski definition) is 2. The summed E-state index contributed by atoms with van der Waals surface area (Å²) in [7, 11) is 1.83. The van der Waals surface area contributed by atoms with Crippen LogP contribution >= 0.6 is 35.6 Å². The largest absolute Gasteiger partial charge is 0.356 e. The third-order valence-electron chi connectivity index (χ3n) is 5.87. The van der Waals surface area contributed by atoms with Crippen LogP contribution in [-0.4, -0.2) is 53.0 Å². The van der Waals surface area contributed by atoms with Gasteiger partial charge in [0.25, 0.3) is 0 Å². The van der Waals surface area contributed by atoms with Crippen molar-refractivity contribution in [1.29, 1.82) is 0 Å². The highest BCUT2D eigenvalue weighted by Crippen LogP contribution is 2.16. The Bertz CT molecular complexity index is 1020. The molecule has 2 aromatic heterocycles. The number of piperidine rings is 1. The molecule has 1 aromatic carbocycles. The maximum Gasteiger partial charge on any atom is 0.191 e. The lowest BCUT2D eigenvalue weighted by atomic mass is 10.0. The third kappa shape index (κ3) is 6.59. The monoisotopic (exact) mass is 566 g/mol. The van der Waals surface area contributed by atoms with Crippen LogP contribution in [0.25, 0.3) is 5.65 Å². The van der Waals surface area contributed by atoms with Crippen LogP contribution in [0, 0.1) is 6.92 Å². The summed E-state index contributed by atoms with van der Waals surface area (Å²) in [6, 6.07) is 12.8. The Kier molecular flexibility index (Phi) is 9.19. The highest BCUT2D eigenvalue weighted by Gasteiger charge is 2.20. The average Bonchev–Trinajstić information content (AvgIpc) is 3.20. The molecule has 0 radical (unpaired) electrons. The lowest BCUT2D eigenvalue weighted by Gasteiger charge is -2.33. The fraction of sp³-hybridized carbons (Fsp3) is 0.417. The second-order valence-corrected chi connectivity index (χ2v) is 8.66. The van der Waals surface area contributed by atoms with E-state index >= 15 is 0 Å². The maximum absolute atomic E-state index is 5.99. The molecule has 1 fully saturated rings. The molecule has 0 unspecified atom stereocenters. The molecule has 0 saturated carbocycles. The summed E-state index contributed by atoms with van der Waals surface area (Å²) >= 11 is 5.99. The van der Waals surface area contributed by atoms with Crippen molar-refractivity contribution in [3.05, 3.63) is 70.6 Å². The Balaban J connectivity index is 0.00000289. The molecule has 2 N–H and O–H groups in total. The molecule has 172 valence electrons. The fourth-order valence-electron chi connectivity index (χ4n) is 4.11. The second kappa shape index (κ2) is 11.9. The molecule has 1 saturated heterocycles. The third-order valence-corrected chi connectivity index (χ3v) is 6.12. The highest BCUT2D eigenvalue weighted by atomic mass is 127. The zero-order chi connectivity index (χ0) is 21.6. The van der Waals surface area contributed by atoms with Gasteiger partial charge < -0.3 is 15.0 Å². The number of aromatic nitrogens is 2. The lowest BCUT2D eigenvalue weighted by molar-refractivity contribution is 0.198. The van der Waals surface area contributed by atoms with E-state index in [1.54, 1.807) is 0 Å². The Morgan fingerprint density at radius 2 is 1.94 bits per heavy atom. The topological polar surface area (TPSA) is 57.0 Å². The molecule has 1 aliphatic heterocycles. The predicted octanol–water partition coefficient (Wildman–Crippen LogP) is 4.29. The smallest absolute Gasteiger partial charge is 0.191 e. The Morgan fingerprint density at radius 1 is 1.19 bits per heavy atom. The molecular formula is C24H32ClIN6. The van der Waals surface area contributed by atoms with Crippen LogP contribution in [0.2, 0.25) is 5.02 Å². The molecule has 0 atom stereocenters. The van der Waals surface area contributed by atoms with E-state index in [0.717, 1.165) is 67.8 Å². The first-order chi connectivity index (χ1) is 15.1. The van der Waals surface area contributed by atoms with Gasteiger partial charge in [-0.15, -0.1) is 24.0 Å². The minimum atomic E-state index is 0. The summed E-state index contributed by atoms with van der Waals surface area (Å²) < 4.78 is 2.09. The average molecular weight is 567 g/mol. The quantitative estimate of drug-likeness (QED) is 0.266. The molecule has 3 heterocycles. The number of pyridine rings is 1. The van der Waals surface area contributed by atoms with Crippen molar-refractivity contribution in [2.75, 3.05) is 26.7 Å². The van der Waals surface area contributed by atoms with Gasteiger partial charge in [0.2, 0.25) is 0 Å².